The van der Waals surface area contributed by atoms with Crippen LogP contribution in [0.3, 0.4) is 0 Å². The fraction of sp³-hybridized carbons (Fsp3) is 0.238. The van der Waals surface area contributed by atoms with Crippen LogP contribution in [0.4, 0.5) is 17.5 Å². The monoisotopic (exact) mass is 330 g/mol. The Morgan fingerprint density at radius 2 is 1.60 bits per heavy atom. The molecule has 1 heterocycles. The van der Waals surface area contributed by atoms with Gasteiger partial charge in [-0.05, 0) is 37.8 Å². The Morgan fingerprint density at radius 1 is 0.880 bits per heavy atom. The van der Waals surface area contributed by atoms with E-state index < -0.39 is 0 Å². The Morgan fingerprint density at radius 3 is 2.28 bits per heavy atom. The zero-order chi connectivity index (χ0) is 17.2. The summed E-state index contributed by atoms with van der Waals surface area (Å²) < 4.78 is 0. The molecule has 4 heteroatoms. The highest BCUT2D eigenvalue weighted by atomic mass is 15.2. The summed E-state index contributed by atoms with van der Waals surface area (Å²) in [6, 6.07) is 19.1. The molecule has 0 atom stereocenters. The largest absolute Gasteiger partial charge is 0.351 e. The fourth-order valence-corrected chi connectivity index (χ4v) is 2.88. The van der Waals surface area contributed by atoms with E-state index in [0.717, 1.165) is 22.8 Å². The summed E-state index contributed by atoms with van der Waals surface area (Å²) in [5.41, 5.74) is 5.53. The number of nitrogens with zero attached hydrogens (tertiary/aromatic N) is 2. The lowest BCUT2D eigenvalue weighted by Gasteiger charge is -2.14. The Hall–Kier alpha value is -2.88. The van der Waals surface area contributed by atoms with Crippen molar-refractivity contribution in [2.45, 2.75) is 32.7 Å². The predicted molar refractivity (Wildman–Crippen MR) is 103 cm³/mol. The molecule has 4 rings (SSSR count). The molecular weight excluding hydrogens is 308 g/mol. The second kappa shape index (κ2) is 6.55. The highest BCUT2D eigenvalue weighted by molar-refractivity contribution is 5.70. The molecule has 1 aromatic heterocycles. The maximum Gasteiger partial charge on any atom is 0.225 e. The molecule has 1 aliphatic carbocycles. The van der Waals surface area contributed by atoms with Crippen LogP contribution in [0.15, 0.2) is 54.6 Å². The molecular formula is C21H22N4. The third-order valence-electron chi connectivity index (χ3n) is 4.44. The minimum Gasteiger partial charge on any atom is -0.351 e. The number of para-hydroxylation sites is 1. The van der Waals surface area contributed by atoms with Crippen LogP contribution >= 0.6 is 0 Å². The molecule has 0 aliphatic heterocycles. The Labute approximate surface area is 148 Å². The molecule has 2 N–H and O–H groups in total. The van der Waals surface area contributed by atoms with Crippen LogP contribution in [-0.2, 0) is 0 Å². The van der Waals surface area contributed by atoms with Crippen molar-refractivity contribution in [2.24, 2.45) is 0 Å². The van der Waals surface area contributed by atoms with Gasteiger partial charge in [-0.2, -0.15) is 4.98 Å². The van der Waals surface area contributed by atoms with Crippen LogP contribution in [0.1, 0.15) is 24.0 Å². The van der Waals surface area contributed by atoms with Gasteiger partial charge in [-0.3, -0.25) is 0 Å². The van der Waals surface area contributed by atoms with Crippen molar-refractivity contribution in [3.63, 3.8) is 0 Å². The zero-order valence-corrected chi connectivity index (χ0v) is 14.6. The SMILES string of the molecule is Cc1cccc(C)c1Nc1cc(-c2ccccc2)nc(NC2CC2)n1. The van der Waals surface area contributed by atoms with Gasteiger partial charge >= 0.3 is 0 Å². The number of aryl methyl sites for hydroxylation is 2. The lowest BCUT2D eigenvalue weighted by atomic mass is 10.1. The van der Waals surface area contributed by atoms with Gasteiger partial charge in [-0.15, -0.1) is 0 Å². The van der Waals surface area contributed by atoms with Crippen molar-refractivity contribution in [3.05, 3.63) is 65.7 Å². The van der Waals surface area contributed by atoms with Crippen molar-refractivity contribution in [2.75, 3.05) is 10.6 Å². The third-order valence-corrected chi connectivity index (χ3v) is 4.44. The molecule has 0 bridgehead atoms. The predicted octanol–water partition coefficient (Wildman–Crippen LogP) is 5.08. The first-order valence-corrected chi connectivity index (χ1v) is 8.73. The molecule has 0 radical (unpaired) electrons. The Kier molecular flexibility index (Phi) is 4.10. The fourth-order valence-electron chi connectivity index (χ4n) is 2.88. The number of rotatable bonds is 5. The summed E-state index contributed by atoms with van der Waals surface area (Å²) in [6.07, 6.45) is 2.39. The topological polar surface area (TPSA) is 49.8 Å². The molecule has 4 nitrogen and oxygen atoms in total. The van der Waals surface area contributed by atoms with Gasteiger partial charge in [0, 0.05) is 23.4 Å². The van der Waals surface area contributed by atoms with Crippen molar-refractivity contribution in [3.8, 4) is 11.3 Å². The van der Waals surface area contributed by atoms with E-state index >= 15 is 0 Å². The van der Waals surface area contributed by atoms with Crippen molar-refractivity contribution >= 4 is 17.5 Å². The van der Waals surface area contributed by atoms with Crippen LogP contribution < -0.4 is 10.6 Å². The van der Waals surface area contributed by atoms with Crippen LogP contribution in [0.5, 0.6) is 0 Å². The summed E-state index contributed by atoms with van der Waals surface area (Å²) in [5.74, 6) is 1.51. The van der Waals surface area contributed by atoms with E-state index in [2.05, 4.69) is 59.8 Å². The molecule has 2 aromatic carbocycles. The van der Waals surface area contributed by atoms with Crippen LogP contribution in [0.25, 0.3) is 11.3 Å². The van der Waals surface area contributed by atoms with Gasteiger partial charge in [0.1, 0.15) is 5.82 Å². The van der Waals surface area contributed by atoms with E-state index in [1.807, 2.05) is 24.3 Å². The number of hydrogen-bond donors (Lipinski definition) is 2. The van der Waals surface area contributed by atoms with E-state index in [4.69, 9.17) is 4.98 Å². The lowest BCUT2D eigenvalue weighted by Crippen LogP contribution is -2.08. The molecule has 1 saturated carbocycles. The molecule has 25 heavy (non-hydrogen) atoms. The van der Waals surface area contributed by atoms with Gasteiger partial charge in [-0.25, -0.2) is 4.98 Å². The van der Waals surface area contributed by atoms with E-state index in [1.165, 1.54) is 24.0 Å². The van der Waals surface area contributed by atoms with Gasteiger partial charge in [-0.1, -0.05) is 48.5 Å². The Bertz CT molecular complexity index is 865. The number of nitrogens with one attached hydrogen (secondary N) is 2. The first-order chi connectivity index (χ1) is 12.2. The molecule has 0 saturated heterocycles. The summed E-state index contributed by atoms with van der Waals surface area (Å²) in [5, 5.41) is 6.91. The minimum absolute atomic E-state index is 0.513. The lowest BCUT2D eigenvalue weighted by molar-refractivity contribution is 1.06. The highest BCUT2D eigenvalue weighted by Gasteiger charge is 2.22. The van der Waals surface area contributed by atoms with Crippen LogP contribution in [-0.4, -0.2) is 16.0 Å². The van der Waals surface area contributed by atoms with Gasteiger partial charge in [0.2, 0.25) is 5.95 Å². The number of aromatic nitrogens is 2. The van der Waals surface area contributed by atoms with Crippen molar-refractivity contribution < 1.29 is 0 Å². The van der Waals surface area contributed by atoms with Crippen LogP contribution in [0, 0.1) is 13.8 Å². The van der Waals surface area contributed by atoms with Gasteiger partial charge in [0.25, 0.3) is 0 Å². The third kappa shape index (κ3) is 3.63. The molecule has 1 aliphatic rings. The molecule has 1 fully saturated rings. The van der Waals surface area contributed by atoms with E-state index in [9.17, 15) is 0 Å². The second-order valence-electron chi connectivity index (χ2n) is 6.64. The average molecular weight is 330 g/mol. The maximum absolute atomic E-state index is 4.71. The molecule has 0 amide bonds. The van der Waals surface area contributed by atoms with Gasteiger partial charge in [0.15, 0.2) is 0 Å². The standard InChI is InChI=1S/C21H22N4/c1-14-7-6-8-15(2)20(14)24-19-13-18(16-9-4-3-5-10-16)23-21(25-19)22-17-11-12-17/h3-10,13,17H,11-12H2,1-2H3,(H2,22,23,24,25). The quantitative estimate of drug-likeness (QED) is 0.685. The maximum atomic E-state index is 4.71. The van der Waals surface area contributed by atoms with Gasteiger partial charge in [0.05, 0.1) is 5.69 Å². The molecule has 0 spiro atoms. The van der Waals surface area contributed by atoms with Crippen molar-refractivity contribution in [1.29, 1.82) is 0 Å². The first kappa shape index (κ1) is 15.6. The molecule has 0 unspecified atom stereocenters. The Balaban J connectivity index is 1.73. The molecule has 3 aromatic rings. The summed E-state index contributed by atoms with van der Waals surface area (Å²) >= 11 is 0. The first-order valence-electron chi connectivity index (χ1n) is 8.73. The van der Waals surface area contributed by atoms with E-state index in [-0.39, 0.29) is 0 Å². The second-order valence-corrected chi connectivity index (χ2v) is 6.64. The van der Waals surface area contributed by atoms with Gasteiger partial charge < -0.3 is 10.6 Å². The van der Waals surface area contributed by atoms with Crippen LogP contribution in [0.2, 0.25) is 0 Å². The summed E-state index contributed by atoms with van der Waals surface area (Å²) in [7, 11) is 0. The van der Waals surface area contributed by atoms with E-state index in [0.29, 0.717) is 12.0 Å². The number of anilines is 3. The normalized spacial score (nSPS) is 13.5. The number of benzene rings is 2. The smallest absolute Gasteiger partial charge is 0.225 e. The van der Waals surface area contributed by atoms with E-state index in [1.54, 1.807) is 0 Å². The molecule has 126 valence electrons. The highest BCUT2D eigenvalue weighted by Crippen LogP contribution is 2.29. The number of hydrogen-bond acceptors (Lipinski definition) is 4. The minimum atomic E-state index is 0.513. The zero-order valence-electron chi connectivity index (χ0n) is 14.6. The summed E-state index contributed by atoms with van der Waals surface area (Å²) in [4.78, 5) is 9.39. The average Bonchev–Trinajstić information content (AvgIpc) is 3.43. The van der Waals surface area contributed by atoms with Crippen molar-refractivity contribution in [1.82, 2.24) is 9.97 Å². The summed E-state index contributed by atoms with van der Waals surface area (Å²) in [6.45, 7) is 4.22.